The van der Waals surface area contributed by atoms with E-state index in [1.165, 1.54) is 23.0 Å². The molecule has 21 heavy (non-hydrogen) atoms. The largest absolute Gasteiger partial charge is 0.478 e. The van der Waals surface area contributed by atoms with Gasteiger partial charge in [0.1, 0.15) is 0 Å². The monoisotopic (exact) mass is 307 g/mol. The normalized spacial score (nSPS) is 10.8. The van der Waals surface area contributed by atoms with Crippen LogP contribution in [0.3, 0.4) is 0 Å². The standard InChI is InChI=1S/C12H10ClN5O3/c1-18-16-12(15-17-18)14-11(21)8-3-2-7(9(13)6-8)4-5-10(19)20/h2-6H,1H3,(H,19,20)(H,14,16,21)/b5-4+. The molecular weight excluding hydrogens is 298 g/mol. The van der Waals surface area contributed by atoms with Crippen molar-refractivity contribution in [2.45, 2.75) is 0 Å². The molecule has 0 fully saturated rings. The van der Waals surface area contributed by atoms with Crippen LogP contribution in [0.4, 0.5) is 5.95 Å². The Balaban J connectivity index is 2.15. The van der Waals surface area contributed by atoms with Crippen LogP contribution >= 0.6 is 11.6 Å². The average Bonchev–Trinajstić information content (AvgIpc) is 2.82. The molecule has 1 amide bonds. The zero-order valence-electron chi connectivity index (χ0n) is 10.8. The summed E-state index contributed by atoms with van der Waals surface area (Å²) in [5, 5.41) is 22.3. The fourth-order valence-electron chi connectivity index (χ4n) is 1.47. The number of aliphatic carboxylic acids is 1. The molecule has 0 radical (unpaired) electrons. The first-order valence-electron chi connectivity index (χ1n) is 5.71. The van der Waals surface area contributed by atoms with E-state index in [1.54, 1.807) is 13.1 Å². The lowest BCUT2D eigenvalue weighted by molar-refractivity contribution is -0.131. The van der Waals surface area contributed by atoms with Crippen LogP contribution in [0.15, 0.2) is 24.3 Å². The predicted molar refractivity (Wildman–Crippen MR) is 74.9 cm³/mol. The van der Waals surface area contributed by atoms with Crippen LogP contribution in [0.5, 0.6) is 0 Å². The molecule has 0 bridgehead atoms. The zero-order valence-corrected chi connectivity index (χ0v) is 11.6. The molecule has 0 aliphatic rings. The minimum atomic E-state index is -1.08. The van der Waals surface area contributed by atoms with Crippen molar-refractivity contribution < 1.29 is 14.7 Å². The number of tetrazole rings is 1. The third-order valence-electron chi connectivity index (χ3n) is 2.40. The molecule has 0 saturated heterocycles. The van der Waals surface area contributed by atoms with Crippen molar-refractivity contribution in [1.29, 1.82) is 0 Å². The van der Waals surface area contributed by atoms with Gasteiger partial charge >= 0.3 is 5.97 Å². The second kappa shape index (κ2) is 6.14. The minimum absolute atomic E-state index is 0.0773. The van der Waals surface area contributed by atoms with Crippen molar-refractivity contribution in [2.75, 3.05) is 5.32 Å². The number of aromatic nitrogens is 4. The van der Waals surface area contributed by atoms with Gasteiger partial charge in [-0.3, -0.25) is 10.1 Å². The number of amides is 1. The van der Waals surface area contributed by atoms with Gasteiger partial charge in [0.25, 0.3) is 11.9 Å². The summed E-state index contributed by atoms with van der Waals surface area (Å²) in [5.41, 5.74) is 0.785. The summed E-state index contributed by atoms with van der Waals surface area (Å²) in [6, 6.07) is 4.48. The van der Waals surface area contributed by atoms with Crippen molar-refractivity contribution in [1.82, 2.24) is 20.2 Å². The first kappa shape index (κ1) is 14.7. The summed E-state index contributed by atoms with van der Waals surface area (Å²) in [6.45, 7) is 0. The third-order valence-corrected chi connectivity index (χ3v) is 2.73. The number of nitrogens with one attached hydrogen (secondary N) is 1. The smallest absolute Gasteiger partial charge is 0.328 e. The van der Waals surface area contributed by atoms with Crippen molar-refractivity contribution in [3.8, 4) is 0 Å². The fraction of sp³-hybridized carbons (Fsp3) is 0.0833. The zero-order chi connectivity index (χ0) is 15.4. The van der Waals surface area contributed by atoms with Crippen LogP contribution in [0.2, 0.25) is 5.02 Å². The van der Waals surface area contributed by atoms with E-state index < -0.39 is 11.9 Å². The molecule has 0 unspecified atom stereocenters. The topological polar surface area (TPSA) is 110 Å². The van der Waals surface area contributed by atoms with E-state index in [0.29, 0.717) is 11.1 Å². The number of aryl methyl sites for hydroxylation is 1. The van der Waals surface area contributed by atoms with E-state index in [9.17, 15) is 9.59 Å². The number of benzene rings is 1. The Morgan fingerprint density at radius 2 is 2.19 bits per heavy atom. The number of carbonyl (C=O) groups excluding carboxylic acids is 1. The molecule has 1 heterocycles. The Morgan fingerprint density at radius 3 is 2.76 bits per heavy atom. The number of halogens is 1. The van der Waals surface area contributed by atoms with Gasteiger partial charge in [-0.1, -0.05) is 22.8 Å². The SMILES string of the molecule is Cn1nnc(NC(=O)c2ccc(/C=C/C(=O)O)c(Cl)c2)n1. The van der Waals surface area contributed by atoms with Gasteiger partial charge in [0.15, 0.2) is 0 Å². The highest BCUT2D eigenvalue weighted by atomic mass is 35.5. The van der Waals surface area contributed by atoms with Crippen LogP contribution in [0.1, 0.15) is 15.9 Å². The summed E-state index contributed by atoms with van der Waals surface area (Å²) in [5.74, 6) is -1.45. The molecule has 9 heteroatoms. The quantitative estimate of drug-likeness (QED) is 0.822. The fourth-order valence-corrected chi connectivity index (χ4v) is 1.72. The van der Waals surface area contributed by atoms with Gasteiger partial charge in [-0.2, -0.15) is 4.80 Å². The third kappa shape index (κ3) is 3.86. The number of hydrogen-bond donors (Lipinski definition) is 2. The van der Waals surface area contributed by atoms with Crippen molar-refractivity contribution in [3.63, 3.8) is 0 Å². The molecule has 2 aromatic rings. The lowest BCUT2D eigenvalue weighted by Crippen LogP contribution is -2.13. The lowest BCUT2D eigenvalue weighted by Gasteiger charge is -2.03. The molecule has 0 aliphatic carbocycles. The molecule has 0 saturated carbocycles. The first-order valence-corrected chi connectivity index (χ1v) is 6.09. The lowest BCUT2D eigenvalue weighted by atomic mass is 10.1. The maximum Gasteiger partial charge on any atom is 0.328 e. The molecule has 0 aliphatic heterocycles. The van der Waals surface area contributed by atoms with Crippen molar-refractivity contribution in [2.24, 2.45) is 7.05 Å². The molecule has 8 nitrogen and oxygen atoms in total. The number of anilines is 1. The Kier molecular flexibility index (Phi) is 4.29. The van der Waals surface area contributed by atoms with E-state index in [4.69, 9.17) is 16.7 Å². The van der Waals surface area contributed by atoms with Gasteiger partial charge in [0.2, 0.25) is 0 Å². The van der Waals surface area contributed by atoms with Gasteiger partial charge < -0.3 is 5.11 Å². The highest BCUT2D eigenvalue weighted by Gasteiger charge is 2.11. The van der Waals surface area contributed by atoms with Crippen LogP contribution in [0.25, 0.3) is 6.08 Å². The second-order valence-electron chi connectivity index (χ2n) is 3.96. The molecule has 1 aromatic heterocycles. The Labute approximate surface area is 124 Å². The number of carboxylic acids is 1. The maximum absolute atomic E-state index is 12.0. The summed E-state index contributed by atoms with van der Waals surface area (Å²) >= 11 is 5.99. The minimum Gasteiger partial charge on any atom is -0.478 e. The molecule has 2 rings (SSSR count). The van der Waals surface area contributed by atoms with Gasteiger partial charge in [-0.05, 0) is 29.0 Å². The highest BCUT2D eigenvalue weighted by Crippen LogP contribution is 2.19. The molecule has 1 aromatic carbocycles. The summed E-state index contributed by atoms with van der Waals surface area (Å²) in [4.78, 5) is 23.6. The molecule has 108 valence electrons. The summed E-state index contributed by atoms with van der Waals surface area (Å²) in [7, 11) is 1.57. The van der Waals surface area contributed by atoms with E-state index >= 15 is 0 Å². The Morgan fingerprint density at radius 1 is 1.43 bits per heavy atom. The molecule has 0 atom stereocenters. The van der Waals surface area contributed by atoms with E-state index in [-0.39, 0.29) is 11.0 Å². The summed E-state index contributed by atoms with van der Waals surface area (Å²) in [6.07, 6.45) is 2.31. The highest BCUT2D eigenvalue weighted by molar-refractivity contribution is 6.32. The van der Waals surface area contributed by atoms with Gasteiger partial charge in [-0.15, -0.1) is 5.10 Å². The van der Waals surface area contributed by atoms with Crippen LogP contribution in [0, 0.1) is 0 Å². The second-order valence-corrected chi connectivity index (χ2v) is 4.37. The Bertz CT molecular complexity index is 725. The van der Waals surface area contributed by atoms with E-state index in [2.05, 4.69) is 20.7 Å². The number of hydrogen-bond acceptors (Lipinski definition) is 5. The van der Waals surface area contributed by atoms with Gasteiger partial charge in [0.05, 0.1) is 7.05 Å². The first-order chi connectivity index (χ1) is 9.95. The van der Waals surface area contributed by atoms with E-state index in [1.807, 2.05) is 0 Å². The predicted octanol–water partition coefficient (Wildman–Crippen LogP) is 1.21. The number of rotatable bonds is 4. The van der Waals surface area contributed by atoms with Crippen LogP contribution in [-0.4, -0.2) is 37.2 Å². The molecule has 2 N–H and O–H groups in total. The van der Waals surface area contributed by atoms with Crippen LogP contribution in [-0.2, 0) is 11.8 Å². The number of carboxylic acid groups (broad SMARTS) is 1. The Hall–Kier alpha value is -2.74. The summed E-state index contributed by atoms with van der Waals surface area (Å²) < 4.78 is 0. The average molecular weight is 308 g/mol. The van der Waals surface area contributed by atoms with Gasteiger partial charge in [-0.25, -0.2) is 4.79 Å². The molecular formula is C12H10ClN5O3. The van der Waals surface area contributed by atoms with Crippen LogP contribution < -0.4 is 5.32 Å². The molecule has 0 spiro atoms. The van der Waals surface area contributed by atoms with Gasteiger partial charge in [0, 0.05) is 16.7 Å². The maximum atomic E-state index is 12.0. The number of nitrogens with zero attached hydrogens (tertiary/aromatic N) is 4. The van der Waals surface area contributed by atoms with E-state index in [0.717, 1.165) is 6.08 Å². The van der Waals surface area contributed by atoms with Crippen molar-refractivity contribution >= 4 is 35.5 Å². The van der Waals surface area contributed by atoms with Crippen molar-refractivity contribution in [3.05, 3.63) is 40.4 Å². The number of carbonyl (C=O) groups is 2.